The highest BCUT2D eigenvalue weighted by Gasteiger charge is 2.25. The molecule has 1 N–H and O–H groups in total. The van der Waals surface area contributed by atoms with Crippen LogP contribution in [0.5, 0.6) is 0 Å². The molecule has 1 amide bonds. The molecule has 1 heterocycles. The van der Waals surface area contributed by atoms with Gasteiger partial charge in [0.2, 0.25) is 0 Å². The zero-order valence-corrected chi connectivity index (χ0v) is 15.1. The Morgan fingerprint density at radius 2 is 1.85 bits per heavy atom. The number of hydrogen-bond acceptors (Lipinski definition) is 5. The lowest BCUT2D eigenvalue weighted by Gasteiger charge is -2.24. The number of hydrogen-bond donors (Lipinski definition) is 1. The molecule has 3 rings (SSSR count). The van der Waals surface area contributed by atoms with Crippen LogP contribution in [-0.2, 0) is 9.53 Å². The van der Waals surface area contributed by atoms with Crippen molar-refractivity contribution >= 4 is 11.9 Å². The third kappa shape index (κ3) is 4.28. The molecule has 7 heteroatoms. The minimum Gasteiger partial charge on any atom is -0.448 e. The van der Waals surface area contributed by atoms with E-state index in [1.54, 1.807) is 13.8 Å². The van der Waals surface area contributed by atoms with Gasteiger partial charge >= 0.3 is 5.97 Å². The van der Waals surface area contributed by atoms with Crippen LogP contribution in [0.25, 0.3) is 5.69 Å². The van der Waals surface area contributed by atoms with E-state index < -0.39 is 12.1 Å². The number of ether oxygens (including phenoxy) is 1. The summed E-state index contributed by atoms with van der Waals surface area (Å²) < 4.78 is 5.30. The van der Waals surface area contributed by atoms with Crippen molar-refractivity contribution in [2.75, 3.05) is 0 Å². The second-order valence-corrected chi connectivity index (χ2v) is 6.65. The van der Waals surface area contributed by atoms with Gasteiger partial charge in [-0.3, -0.25) is 4.79 Å². The maximum Gasteiger partial charge on any atom is 0.361 e. The predicted octanol–water partition coefficient (Wildman–Crippen LogP) is 2.57. The van der Waals surface area contributed by atoms with Crippen LogP contribution in [0.3, 0.4) is 0 Å². The van der Waals surface area contributed by atoms with Crippen molar-refractivity contribution in [2.24, 2.45) is 0 Å². The fourth-order valence-corrected chi connectivity index (χ4v) is 3.08. The number of amides is 1. The number of aromatic nitrogens is 3. The summed E-state index contributed by atoms with van der Waals surface area (Å²) in [6.07, 6.45) is 4.56. The lowest BCUT2D eigenvalue weighted by molar-refractivity contribution is -0.130. The molecule has 138 valence electrons. The Morgan fingerprint density at radius 1 is 1.15 bits per heavy atom. The molecule has 7 nitrogen and oxygen atoms in total. The van der Waals surface area contributed by atoms with Crippen LogP contribution in [0.1, 0.15) is 55.2 Å². The number of para-hydroxylation sites is 1. The Bertz CT molecular complexity index is 766. The third-order valence-electron chi connectivity index (χ3n) is 4.57. The first-order chi connectivity index (χ1) is 12.5. The SMILES string of the molecule is Cc1nn(-c2ccccc2)nc1C(=O)O[C@H](C)C(=O)NC1CCCCC1. The molecular weight excluding hydrogens is 332 g/mol. The zero-order chi connectivity index (χ0) is 18.5. The summed E-state index contributed by atoms with van der Waals surface area (Å²) in [6.45, 7) is 3.27. The molecule has 1 aliphatic rings. The largest absolute Gasteiger partial charge is 0.448 e. The molecule has 1 aromatic heterocycles. The first-order valence-corrected chi connectivity index (χ1v) is 9.05. The summed E-state index contributed by atoms with van der Waals surface area (Å²) in [6, 6.07) is 9.48. The molecule has 1 atom stereocenters. The number of carbonyl (C=O) groups excluding carboxylic acids is 2. The second-order valence-electron chi connectivity index (χ2n) is 6.65. The first kappa shape index (κ1) is 18.1. The highest BCUT2D eigenvalue weighted by molar-refractivity contribution is 5.91. The Balaban J connectivity index is 1.62. The van der Waals surface area contributed by atoms with E-state index in [4.69, 9.17) is 4.74 Å². The highest BCUT2D eigenvalue weighted by Crippen LogP contribution is 2.17. The molecule has 0 saturated heterocycles. The van der Waals surface area contributed by atoms with Gasteiger partial charge in [0.25, 0.3) is 5.91 Å². The first-order valence-electron chi connectivity index (χ1n) is 9.05. The van der Waals surface area contributed by atoms with Crippen molar-refractivity contribution in [3.05, 3.63) is 41.7 Å². The van der Waals surface area contributed by atoms with Crippen LogP contribution in [0, 0.1) is 6.92 Å². The van der Waals surface area contributed by atoms with E-state index in [2.05, 4.69) is 15.5 Å². The van der Waals surface area contributed by atoms with Gasteiger partial charge in [-0.1, -0.05) is 37.5 Å². The van der Waals surface area contributed by atoms with Gasteiger partial charge in [-0.25, -0.2) is 4.79 Å². The van der Waals surface area contributed by atoms with Crippen molar-refractivity contribution in [2.45, 2.75) is 58.1 Å². The van der Waals surface area contributed by atoms with E-state index in [0.717, 1.165) is 31.4 Å². The lowest BCUT2D eigenvalue weighted by Crippen LogP contribution is -2.42. The number of nitrogens with one attached hydrogen (secondary N) is 1. The van der Waals surface area contributed by atoms with Crippen LogP contribution in [0.15, 0.2) is 30.3 Å². The summed E-state index contributed by atoms with van der Waals surface area (Å²) in [5.74, 6) is -0.908. The van der Waals surface area contributed by atoms with Gasteiger partial charge in [0, 0.05) is 6.04 Å². The van der Waals surface area contributed by atoms with Crippen molar-refractivity contribution in [1.29, 1.82) is 0 Å². The van der Waals surface area contributed by atoms with Gasteiger partial charge in [-0.2, -0.15) is 9.90 Å². The van der Waals surface area contributed by atoms with Crippen molar-refractivity contribution in [1.82, 2.24) is 20.3 Å². The lowest BCUT2D eigenvalue weighted by atomic mass is 9.95. The van der Waals surface area contributed by atoms with Crippen LogP contribution in [0.4, 0.5) is 0 Å². The molecule has 1 saturated carbocycles. The van der Waals surface area contributed by atoms with Crippen LogP contribution < -0.4 is 5.32 Å². The highest BCUT2D eigenvalue weighted by atomic mass is 16.5. The van der Waals surface area contributed by atoms with E-state index in [1.807, 2.05) is 30.3 Å². The molecule has 0 radical (unpaired) electrons. The number of benzene rings is 1. The number of esters is 1. The normalized spacial score (nSPS) is 16.1. The predicted molar refractivity (Wildman–Crippen MR) is 96.0 cm³/mol. The third-order valence-corrected chi connectivity index (χ3v) is 4.57. The van der Waals surface area contributed by atoms with E-state index in [1.165, 1.54) is 11.2 Å². The number of rotatable bonds is 5. The van der Waals surface area contributed by atoms with Crippen molar-refractivity contribution < 1.29 is 14.3 Å². The summed E-state index contributed by atoms with van der Waals surface area (Å²) in [7, 11) is 0. The van der Waals surface area contributed by atoms with E-state index in [9.17, 15) is 9.59 Å². The number of carbonyl (C=O) groups is 2. The topological polar surface area (TPSA) is 86.1 Å². The molecule has 1 fully saturated rings. The fourth-order valence-electron chi connectivity index (χ4n) is 3.08. The molecule has 0 unspecified atom stereocenters. The Kier molecular flexibility index (Phi) is 5.65. The second kappa shape index (κ2) is 8.12. The fraction of sp³-hybridized carbons (Fsp3) is 0.474. The van der Waals surface area contributed by atoms with E-state index in [-0.39, 0.29) is 17.6 Å². The van der Waals surface area contributed by atoms with Gasteiger partial charge in [0.05, 0.1) is 11.4 Å². The summed E-state index contributed by atoms with van der Waals surface area (Å²) in [5.41, 5.74) is 1.32. The molecule has 0 bridgehead atoms. The van der Waals surface area contributed by atoms with Gasteiger partial charge in [0.15, 0.2) is 11.8 Å². The minimum atomic E-state index is -0.870. The quantitative estimate of drug-likeness (QED) is 0.832. The Morgan fingerprint density at radius 3 is 2.54 bits per heavy atom. The Hall–Kier alpha value is -2.70. The average molecular weight is 356 g/mol. The van der Waals surface area contributed by atoms with Crippen LogP contribution >= 0.6 is 0 Å². The summed E-state index contributed by atoms with van der Waals surface area (Å²) >= 11 is 0. The molecular formula is C19H24N4O3. The summed E-state index contributed by atoms with van der Waals surface area (Å²) in [4.78, 5) is 26.0. The average Bonchev–Trinajstić information content (AvgIpc) is 3.05. The van der Waals surface area contributed by atoms with Crippen LogP contribution in [-0.4, -0.2) is 39.0 Å². The van der Waals surface area contributed by atoms with Gasteiger partial charge < -0.3 is 10.1 Å². The Labute approximate surface area is 152 Å². The summed E-state index contributed by atoms with van der Waals surface area (Å²) in [5, 5.41) is 11.4. The van der Waals surface area contributed by atoms with Gasteiger partial charge in [-0.15, -0.1) is 5.10 Å². The smallest absolute Gasteiger partial charge is 0.361 e. The molecule has 1 aliphatic carbocycles. The van der Waals surface area contributed by atoms with E-state index >= 15 is 0 Å². The van der Waals surface area contributed by atoms with E-state index in [0.29, 0.717) is 5.69 Å². The van der Waals surface area contributed by atoms with Gasteiger partial charge in [-0.05, 0) is 38.8 Å². The van der Waals surface area contributed by atoms with Crippen molar-refractivity contribution in [3.8, 4) is 5.69 Å². The number of aryl methyl sites for hydroxylation is 1. The standard InChI is InChI=1S/C19H24N4O3/c1-13-17(22-23(21-13)16-11-7-4-8-12-16)19(25)26-14(2)18(24)20-15-9-5-3-6-10-15/h4,7-8,11-12,14-15H,3,5-6,9-10H2,1-2H3,(H,20,24)/t14-/m1/s1. The molecule has 1 aromatic carbocycles. The molecule has 0 aliphatic heterocycles. The van der Waals surface area contributed by atoms with Gasteiger partial charge in [0.1, 0.15) is 0 Å². The maximum atomic E-state index is 12.4. The molecule has 0 spiro atoms. The monoisotopic (exact) mass is 356 g/mol. The zero-order valence-electron chi connectivity index (χ0n) is 15.1. The molecule has 26 heavy (non-hydrogen) atoms. The molecule has 2 aromatic rings. The van der Waals surface area contributed by atoms with Crippen LogP contribution in [0.2, 0.25) is 0 Å². The minimum absolute atomic E-state index is 0.117. The van der Waals surface area contributed by atoms with Crippen molar-refractivity contribution in [3.63, 3.8) is 0 Å². The maximum absolute atomic E-state index is 12.4. The number of nitrogens with zero attached hydrogens (tertiary/aromatic N) is 3.